The first kappa shape index (κ1) is 30.8. The lowest BCUT2D eigenvalue weighted by molar-refractivity contribution is -0.139. The molecule has 7 nitrogen and oxygen atoms in total. The minimum atomic E-state index is -4.18. The van der Waals surface area contributed by atoms with Crippen molar-refractivity contribution in [2.45, 2.75) is 44.7 Å². The van der Waals surface area contributed by atoms with Gasteiger partial charge in [-0.1, -0.05) is 66.0 Å². The van der Waals surface area contributed by atoms with Crippen LogP contribution in [0, 0.1) is 6.92 Å². The Morgan fingerprint density at radius 3 is 2.23 bits per heavy atom. The van der Waals surface area contributed by atoms with Gasteiger partial charge < -0.3 is 10.2 Å². The number of rotatable bonds is 11. The highest BCUT2D eigenvalue weighted by atomic mass is 35.5. The number of hydrogen-bond donors (Lipinski definition) is 1. The molecule has 0 bridgehead atoms. The van der Waals surface area contributed by atoms with Gasteiger partial charge in [-0.05, 0) is 73.9 Å². The molecule has 0 saturated heterocycles. The summed E-state index contributed by atoms with van der Waals surface area (Å²) in [5, 5.41) is 3.84. The number of sulfonamides is 1. The van der Waals surface area contributed by atoms with E-state index in [-0.39, 0.29) is 17.3 Å². The lowest BCUT2D eigenvalue weighted by Gasteiger charge is -2.32. The Kier molecular flexibility index (Phi) is 10.7. The fraction of sp³-hybridized carbons (Fsp3) is 0.286. The quantitative estimate of drug-likeness (QED) is 0.285. The molecule has 39 heavy (non-hydrogen) atoms. The second-order valence-corrected chi connectivity index (χ2v) is 12.1. The fourth-order valence-electron chi connectivity index (χ4n) is 3.90. The molecule has 208 valence electrons. The van der Waals surface area contributed by atoms with E-state index in [9.17, 15) is 18.0 Å². The van der Waals surface area contributed by atoms with E-state index in [1.165, 1.54) is 29.2 Å². The van der Waals surface area contributed by atoms with Crippen molar-refractivity contribution in [3.05, 3.63) is 92.9 Å². The number of nitrogens with zero attached hydrogens (tertiary/aromatic N) is 2. The first-order valence-corrected chi connectivity index (χ1v) is 14.9. The van der Waals surface area contributed by atoms with Gasteiger partial charge in [-0.25, -0.2) is 8.42 Å². The Morgan fingerprint density at radius 2 is 1.62 bits per heavy atom. The summed E-state index contributed by atoms with van der Waals surface area (Å²) < 4.78 is 28.7. The van der Waals surface area contributed by atoms with Crippen LogP contribution in [-0.2, 0) is 26.2 Å². The van der Waals surface area contributed by atoms with Gasteiger partial charge in [0.25, 0.3) is 10.0 Å². The van der Waals surface area contributed by atoms with Crippen molar-refractivity contribution in [3.8, 4) is 0 Å². The molecule has 0 heterocycles. The van der Waals surface area contributed by atoms with Crippen molar-refractivity contribution >= 4 is 62.3 Å². The van der Waals surface area contributed by atoms with Gasteiger partial charge in [-0.3, -0.25) is 13.9 Å². The molecule has 11 heteroatoms. The van der Waals surface area contributed by atoms with Crippen LogP contribution in [0.4, 0.5) is 5.69 Å². The topological polar surface area (TPSA) is 86.8 Å². The number of carbonyl (C=O) groups is 2. The van der Waals surface area contributed by atoms with Gasteiger partial charge in [0.2, 0.25) is 11.8 Å². The van der Waals surface area contributed by atoms with Crippen LogP contribution in [0.15, 0.2) is 71.6 Å². The molecule has 1 N–H and O–H groups in total. The molecular formula is C28H30Cl3N3O4S. The molecule has 1 atom stereocenters. The van der Waals surface area contributed by atoms with E-state index >= 15 is 0 Å². The van der Waals surface area contributed by atoms with Crippen LogP contribution in [0.5, 0.6) is 0 Å². The smallest absolute Gasteiger partial charge is 0.264 e. The van der Waals surface area contributed by atoms with E-state index in [1.807, 2.05) is 6.92 Å². The Balaban J connectivity index is 2.04. The second kappa shape index (κ2) is 13.5. The summed E-state index contributed by atoms with van der Waals surface area (Å²) in [5.74, 6) is -0.922. The molecule has 0 saturated carbocycles. The molecule has 0 radical (unpaired) electrons. The summed E-state index contributed by atoms with van der Waals surface area (Å²) in [7, 11) is -4.18. The molecule has 0 aliphatic rings. The van der Waals surface area contributed by atoms with Gasteiger partial charge in [0.05, 0.1) is 20.6 Å². The molecule has 3 aromatic rings. The normalized spacial score (nSPS) is 12.1. The first-order valence-electron chi connectivity index (χ1n) is 12.3. The van der Waals surface area contributed by atoms with E-state index in [0.29, 0.717) is 38.4 Å². The van der Waals surface area contributed by atoms with Gasteiger partial charge >= 0.3 is 0 Å². The van der Waals surface area contributed by atoms with E-state index < -0.39 is 28.5 Å². The number of anilines is 1. The molecule has 3 aromatic carbocycles. The van der Waals surface area contributed by atoms with Crippen molar-refractivity contribution in [1.82, 2.24) is 10.2 Å². The fourth-order valence-corrected chi connectivity index (χ4v) is 5.83. The summed E-state index contributed by atoms with van der Waals surface area (Å²) >= 11 is 18.2. The van der Waals surface area contributed by atoms with Gasteiger partial charge in [-0.15, -0.1) is 0 Å². The van der Waals surface area contributed by atoms with Crippen molar-refractivity contribution in [2.75, 3.05) is 17.4 Å². The molecule has 0 unspecified atom stereocenters. The third-order valence-corrected chi connectivity index (χ3v) is 8.88. The molecule has 0 aliphatic carbocycles. The van der Waals surface area contributed by atoms with Crippen LogP contribution in [0.1, 0.15) is 31.4 Å². The average molecular weight is 611 g/mol. The maximum Gasteiger partial charge on any atom is 0.264 e. The Hall–Kier alpha value is -2.78. The zero-order valence-corrected chi connectivity index (χ0v) is 24.9. The summed E-state index contributed by atoms with van der Waals surface area (Å²) in [4.78, 5) is 28.1. The number of hydrogen-bond acceptors (Lipinski definition) is 4. The summed E-state index contributed by atoms with van der Waals surface area (Å²) in [5.41, 5.74) is 1.64. The minimum absolute atomic E-state index is 0.0129. The largest absolute Gasteiger partial charge is 0.354 e. The number of benzene rings is 3. The highest BCUT2D eigenvalue weighted by molar-refractivity contribution is 7.92. The number of nitrogens with one attached hydrogen (secondary N) is 1. The summed E-state index contributed by atoms with van der Waals surface area (Å²) in [6.45, 7) is 5.20. The van der Waals surface area contributed by atoms with E-state index in [2.05, 4.69) is 5.32 Å². The molecule has 2 amide bonds. The van der Waals surface area contributed by atoms with Crippen molar-refractivity contribution in [3.63, 3.8) is 0 Å². The third kappa shape index (κ3) is 7.66. The number of halogens is 3. The van der Waals surface area contributed by atoms with Gasteiger partial charge in [0.1, 0.15) is 12.6 Å². The maximum atomic E-state index is 13.9. The highest BCUT2D eigenvalue weighted by Gasteiger charge is 2.33. The first-order chi connectivity index (χ1) is 18.4. The van der Waals surface area contributed by atoms with Crippen LogP contribution in [0.2, 0.25) is 15.1 Å². The second-order valence-electron chi connectivity index (χ2n) is 8.99. The molecule has 3 rings (SSSR count). The van der Waals surface area contributed by atoms with Crippen LogP contribution >= 0.6 is 34.8 Å². The SMILES string of the molecule is CCCNC(=O)[C@H](C)N(Cc1ccc(Cl)c(Cl)c1)C(=O)CN(c1ccccc1C)S(=O)(=O)c1ccc(Cl)cc1. The molecule has 0 fully saturated rings. The van der Waals surface area contributed by atoms with Gasteiger partial charge in [0.15, 0.2) is 0 Å². The molecule has 0 aliphatic heterocycles. The molecule has 0 spiro atoms. The monoisotopic (exact) mass is 609 g/mol. The number of carbonyl (C=O) groups excluding carboxylic acids is 2. The Bertz CT molecular complexity index is 1430. The number of aryl methyl sites for hydroxylation is 1. The van der Waals surface area contributed by atoms with Crippen molar-refractivity contribution < 1.29 is 18.0 Å². The standard InChI is InChI=1S/C28H30Cl3N3O4S/c1-4-15-32-28(36)20(3)33(17-21-9-14-24(30)25(31)16-21)27(35)18-34(26-8-6-5-7-19(26)2)39(37,38)23-12-10-22(29)11-13-23/h5-14,16,20H,4,15,17-18H2,1-3H3,(H,32,36)/t20-/m0/s1. The summed E-state index contributed by atoms with van der Waals surface area (Å²) in [6.07, 6.45) is 0.722. The number of amides is 2. The predicted octanol–water partition coefficient (Wildman–Crippen LogP) is 6.09. The van der Waals surface area contributed by atoms with Crippen LogP contribution in [0.25, 0.3) is 0 Å². The lowest BCUT2D eigenvalue weighted by atomic mass is 10.1. The lowest BCUT2D eigenvalue weighted by Crippen LogP contribution is -2.51. The van der Waals surface area contributed by atoms with Gasteiger partial charge in [0, 0.05) is 18.1 Å². The van der Waals surface area contributed by atoms with E-state index in [0.717, 1.165) is 10.7 Å². The van der Waals surface area contributed by atoms with E-state index in [1.54, 1.807) is 56.3 Å². The van der Waals surface area contributed by atoms with E-state index in [4.69, 9.17) is 34.8 Å². The van der Waals surface area contributed by atoms with Crippen LogP contribution < -0.4 is 9.62 Å². The van der Waals surface area contributed by atoms with Crippen LogP contribution in [-0.4, -0.2) is 44.3 Å². The van der Waals surface area contributed by atoms with Crippen molar-refractivity contribution in [2.24, 2.45) is 0 Å². The van der Waals surface area contributed by atoms with Crippen LogP contribution in [0.3, 0.4) is 0 Å². The maximum absolute atomic E-state index is 13.9. The molecular weight excluding hydrogens is 581 g/mol. The minimum Gasteiger partial charge on any atom is -0.354 e. The Labute approximate surface area is 244 Å². The molecule has 0 aromatic heterocycles. The van der Waals surface area contributed by atoms with Crippen molar-refractivity contribution in [1.29, 1.82) is 0 Å². The number of para-hydroxylation sites is 1. The average Bonchev–Trinajstić information content (AvgIpc) is 2.91. The summed E-state index contributed by atoms with van der Waals surface area (Å²) in [6, 6.07) is 16.6. The highest BCUT2D eigenvalue weighted by Crippen LogP contribution is 2.28. The third-order valence-electron chi connectivity index (χ3n) is 6.12. The zero-order valence-electron chi connectivity index (χ0n) is 21.8. The van der Waals surface area contributed by atoms with Gasteiger partial charge in [-0.2, -0.15) is 0 Å². The Morgan fingerprint density at radius 1 is 0.949 bits per heavy atom. The predicted molar refractivity (Wildman–Crippen MR) is 157 cm³/mol. The zero-order chi connectivity index (χ0) is 28.7.